The number of anilines is 1. The Bertz CT molecular complexity index is 460. The second kappa shape index (κ2) is 5.07. The molecule has 0 unspecified atom stereocenters. The molecule has 1 aromatic heterocycles. The first-order valence-corrected chi connectivity index (χ1v) is 6.17. The van der Waals surface area contributed by atoms with Crippen LogP contribution in [0.15, 0.2) is 12.3 Å². The number of rotatable bonds is 3. The van der Waals surface area contributed by atoms with Crippen LogP contribution in [0.3, 0.4) is 0 Å². The predicted molar refractivity (Wildman–Crippen MR) is 70.0 cm³/mol. The van der Waals surface area contributed by atoms with Gasteiger partial charge in [-0.3, -0.25) is 10.1 Å². The van der Waals surface area contributed by atoms with Gasteiger partial charge >= 0.3 is 5.69 Å². The molecule has 18 heavy (non-hydrogen) atoms. The summed E-state index contributed by atoms with van der Waals surface area (Å²) in [5.41, 5.74) is -0.251. The average molecular weight is 271 g/mol. The minimum Gasteiger partial charge on any atom is -0.359 e. The van der Waals surface area contributed by atoms with Crippen molar-refractivity contribution in [1.29, 1.82) is 0 Å². The first kappa shape index (κ1) is 13.0. The molecular weight excluding hydrogens is 256 g/mol. The zero-order chi connectivity index (χ0) is 13.2. The number of nitro groups is 1. The van der Waals surface area contributed by atoms with Crippen molar-refractivity contribution >= 4 is 23.1 Å². The van der Waals surface area contributed by atoms with Crippen LogP contribution in [-0.4, -0.2) is 28.5 Å². The fraction of sp³-hybridized carbons (Fsp3) is 0.545. The number of piperidine rings is 1. The van der Waals surface area contributed by atoms with E-state index >= 15 is 0 Å². The Hall–Kier alpha value is -1.40. The van der Waals surface area contributed by atoms with Crippen LogP contribution in [-0.2, 0) is 0 Å². The molecule has 0 aliphatic carbocycles. The summed E-state index contributed by atoms with van der Waals surface area (Å²) in [5, 5.41) is 17.7. The van der Waals surface area contributed by atoms with E-state index in [0.717, 1.165) is 25.9 Å². The minimum absolute atomic E-state index is 0.0812. The highest BCUT2D eigenvalue weighted by molar-refractivity contribution is 6.30. The highest BCUT2D eigenvalue weighted by Crippen LogP contribution is 2.30. The largest absolute Gasteiger partial charge is 0.359 e. The summed E-state index contributed by atoms with van der Waals surface area (Å²) in [6.07, 6.45) is 3.21. The monoisotopic (exact) mass is 270 g/mol. The molecule has 6 nitrogen and oxygen atoms in total. The van der Waals surface area contributed by atoms with Crippen LogP contribution >= 0.6 is 11.6 Å². The number of pyridine rings is 1. The molecule has 1 fully saturated rings. The molecule has 0 spiro atoms. The van der Waals surface area contributed by atoms with Crippen LogP contribution in [0.25, 0.3) is 0 Å². The van der Waals surface area contributed by atoms with Gasteiger partial charge in [0.05, 0.1) is 9.95 Å². The van der Waals surface area contributed by atoms with Crippen molar-refractivity contribution in [1.82, 2.24) is 10.3 Å². The Morgan fingerprint density at radius 3 is 2.83 bits per heavy atom. The lowest BCUT2D eigenvalue weighted by molar-refractivity contribution is -0.384. The van der Waals surface area contributed by atoms with Gasteiger partial charge in [-0.15, -0.1) is 0 Å². The van der Waals surface area contributed by atoms with Crippen molar-refractivity contribution < 1.29 is 4.92 Å². The van der Waals surface area contributed by atoms with E-state index in [1.807, 2.05) is 6.92 Å². The maximum atomic E-state index is 11.0. The van der Waals surface area contributed by atoms with E-state index in [0.29, 0.717) is 0 Å². The van der Waals surface area contributed by atoms with E-state index < -0.39 is 4.92 Å². The molecule has 0 saturated carbocycles. The van der Waals surface area contributed by atoms with Gasteiger partial charge in [-0.25, -0.2) is 4.98 Å². The van der Waals surface area contributed by atoms with Crippen molar-refractivity contribution in [2.75, 3.05) is 18.4 Å². The molecule has 98 valence electrons. The lowest BCUT2D eigenvalue weighted by Gasteiger charge is -2.35. The molecule has 2 N–H and O–H groups in total. The lowest BCUT2D eigenvalue weighted by Crippen LogP contribution is -2.45. The van der Waals surface area contributed by atoms with E-state index in [4.69, 9.17) is 11.6 Å². The van der Waals surface area contributed by atoms with Crippen molar-refractivity contribution in [2.24, 2.45) is 0 Å². The minimum atomic E-state index is -0.467. The first-order chi connectivity index (χ1) is 8.50. The van der Waals surface area contributed by atoms with Crippen LogP contribution in [0, 0.1) is 10.1 Å². The highest BCUT2D eigenvalue weighted by Gasteiger charge is 2.29. The number of nitrogens with one attached hydrogen (secondary N) is 2. The Morgan fingerprint density at radius 1 is 1.56 bits per heavy atom. The van der Waals surface area contributed by atoms with Gasteiger partial charge in [0.25, 0.3) is 0 Å². The number of aromatic nitrogens is 1. The SMILES string of the molecule is CC1(Nc2ncc(Cl)cc2[N+](=O)[O-])CCNCC1. The molecule has 1 aliphatic rings. The summed E-state index contributed by atoms with van der Waals surface area (Å²) >= 11 is 5.73. The van der Waals surface area contributed by atoms with Crippen LogP contribution in [0.1, 0.15) is 19.8 Å². The molecule has 2 heterocycles. The standard InChI is InChI=1S/C11H15ClN4O2/c1-11(2-4-13-5-3-11)15-10-9(16(17)18)6-8(12)7-14-10/h6-7,13H,2-5H2,1H3,(H,14,15). The number of hydrogen-bond donors (Lipinski definition) is 2. The maximum Gasteiger partial charge on any atom is 0.312 e. The Morgan fingerprint density at radius 2 is 2.22 bits per heavy atom. The molecule has 1 aliphatic heterocycles. The lowest BCUT2D eigenvalue weighted by atomic mass is 9.90. The second-order valence-corrected chi connectivity index (χ2v) is 5.15. The van der Waals surface area contributed by atoms with Crippen molar-refractivity contribution in [3.63, 3.8) is 0 Å². The van der Waals surface area contributed by atoms with E-state index in [1.165, 1.54) is 12.3 Å². The normalized spacial score (nSPS) is 18.3. The predicted octanol–water partition coefficient (Wildman–Crippen LogP) is 2.20. The van der Waals surface area contributed by atoms with E-state index in [2.05, 4.69) is 15.6 Å². The van der Waals surface area contributed by atoms with Crippen LogP contribution in [0.4, 0.5) is 11.5 Å². The zero-order valence-electron chi connectivity index (χ0n) is 10.1. The third-order valence-corrected chi connectivity index (χ3v) is 3.36. The summed E-state index contributed by atoms with van der Waals surface area (Å²) in [4.78, 5) is 14.5. The molecule has 0 bridgehead atoms. The summed E-state index contributed by atoms with van der Waals surface area (Å²) in [5.74, 6) is 0.286. The fourth-order valence-electron chi connectivity index (χ4n) is 2.05. The first-order valence-electron chi connectivity index (χ1n) is 5.79. The third-order valence-electron chi connectivity index (χ3n) is 3.16. The van der Waals surface area contributed by atoms with Gasteiger partial charge in [0.15, 0.2) is 0 Å². The topological polar surface area (TPSA) is 80.1 Å². The van der Waals surface area contributed by atoms with Gasteiger partial charge < -0.3 is 10.6 Å². The van der Waals surface area contributed by atoms with Gasteiger partial charge in [-0.2, -0.15) is 0 Å². The molecule has 2 rings (SSSR count). The summed E-state index contributed by atoms with van der Waals surface area (Å²) in [7, 11) is 0. The van der Waals surface area contributed by atoms with Crippen LogP contribution < -0.4 is 10.6 Å². The average Bonchev–Trinajstić information content (AvgIpc) is 2.32. The Balaban J connectivity index is 2.25. The van der Waals surface area contributed by atoms with Crippen molar-refractivity contribution in [2.45, 2.75) is 25.3 Å². The second-order valence-electron chi connectivity index (χ2n) is 4.71. The summed E-state index contributed by atoms with van der Waals surface area (Å²) in [6, 6.07) is 1.32. The van der Waals surface area contributed by atoms with Crippen LogP contribution in [0.5, 0.6) is 0 Å². The van der Waals surface area contributed by atoms with Gasteiger partial charge in [0.2, 0.25) is 5.82 Å². The van der Waals surface area contributed by atoms with Gasteiger partial charge in [0.1, 0.15) is 0 Å². The van der Waals surface area contributed by atoms with E-state index in [1.54, 1.807) is 0 Å². The van der Waals surface area contributed by atoms with Crippen molar-refractivity contribution in [3.8, 4) is 0 Å². The maximum absolute atomic E-state index is 11.0. The number of halogens is 1. The van der Waals surface area contributed by atoms with Crippen LogP contribution in [0.2, 0.25) is 5.02 Å². The number of nitrogens with zero attached hydrogens (tertiary/aromatic N) is 2. The molecule has 7 heteroatoms. The molecule has 0 atom stereocenters. The Kier molecular flexibility index (Phi) is 3.68. The fourth-order valence-corrected chi connectivity index (χ4v) is 2.21. The van der Waals surface area contributed by atoms with Gasteiger partial charge in [-0.05, 0) is 32.9 Å². The third kappa shape index (κ3) is 2.88. The zero-order valence-corrected chi connectivity index (χ0v) is 10.8. The molecule has 0 amide bonds. The smallest absolute Gasteiger partial charge is 0.312 e. The highest BCUT2D eigenvalue weighted by atomic mass is 35.5. The van der Waals surface area contributed by atoms with Gasteiger partial charge in [-0.1, -0.05) is 11.6 Å². The summed E-state index contributed by atoms with van der Waals surface area (Å²) < 4.78 is 0. The summed E-state index contributed by atoms with van der Waals surface area (Å²) in [6.45, 7) is 3.84. The van der Waals surface area contributed by atoms with E-state index in [9.17, 15) is 10.1 Å². The quantitative estimate of drug-likeness (QED) is 0.650. The molecule has 1 saturated heterocycles. The van der Waals surface area contributed by atoms with Crippen molar-refractivity contribution in [3.05, 3.63) is 27.4 Å². The number of hydrogen-bond acceptors (Lipinski definition) is 5. The van der Waals surface area contributed by atoms with Gasteiger partial charge in [0, 0.05) is 17.8 Å². The molecular formula is C11H15ClN4O2. The molecule has 0 radical (unpaired) electrons. The molecule has 1 aromatic rings. The Labute approximate surface area is 110 Å². The molecule has 0 aromatic carbocycles. The van der Waals surface area contributed by atoms with E-state index in [-0.39, 0.29) is 22.1 Å².